The molecule has 3 rings (SSSR count). The van der Waals surface area contributed by atoms with E-state index in [1.54, 1.807) is 24.3 Å². The van der Waals surface area contributed by atoms with Crippen LogP contribution in [-0.2, 0) is 19.6 Å². The molecule has 2 N–H and O–H groups in total. The van der Waals surface area contributed by atoms with Crippen LogP contribution in [0.3, 0.4) is 0 Å². The molecule has 172 valence electrons. The first-order chi connectivity index (χ1) is 15.7. The van der Waals surface area contributed by atoms with Gasteiger partial charge in [-0.3, -0.25) is 4.79 Å². The third-order valence-electron chi connectivity index (χ3n) is 4.49. The van der Waals surface area contributed by atoms with E-state index in [0.29, 0.717) is 17.2 Å². The highest BCUT2D eigenvalue weighted by Crippen LogP contribution is 2.24. The SMILES string of the molecule is CNS(=O)(=O)c1ccc(Cl)c(C(=O)OC(C)C(=O)Nc2ccc(Oc3ccccc3)cc2)c1. The number of halogens is 1. The molecule has 0 saturated heterocycles. The molecule has 0 heterocycles. The van der Waals surface area contributed by atoms with Gasteiger partial charge in [0.25, 0.3) is 5.91 Å². The van der Waals surface area contributed by atoms with Crippen LogP contribution in [-0.4, -0.2) is 33.4 Å². The first-order valence-electron chi connectivity index (χ1n) is 9.77. The molecule has 0 aliphatic heterocycles. The van der Waals surface area contributed by atoms with Gasteiger partial charge in [-0.05, 0) is 68.6 Å². The molecule has 0 saturated carbocycles. The lowest BCUT2D eigenvalue weighted by Crippen LogP contribution is -2.30. The van der Waals surface area contributed by atoms with E-state index in [9.17, 15) is 18.0 Å². The average Bonchev–Trinajstić information content (AvgIpc) is 2.81. The van der Waals surface area contributed by atoms with Gasteiger partial charge in [0.05, 0.1) is 15.5 Å². The number of carbonyl (C=O) groups is 2. The fraction of sp³-hybridized carbons (Fsp3) is 0.130. The predicted octanol–water partition coefficient (Wildman–Crippen LogP) is 4.22. The van der Waals surface area contributed by atoms with E-state index >= 15 is 0 Å². The number of ether oxygens (including phenoxy) is 2. The average molecular weight is 489 g/mol. The Morgan fingerprint density at radius 1 is 0.939 bits per heavy atom. The Morgan fingerprint density at radius 3 is 2.21 bits per heavy atom. The van der Waals surface area contributed by atoms with Gasteiger partial charge in [-0.25, -0.2) is 17.9 Å². The topological polar surface area (TPSA) is 111 Å². The predicted molar refractivity (Wildman–Crippen MR) is 124 cm³/mol. The molecule has 0 fully saturated rings. The molecular formula is C23H21ClN2O6S. The van der Waals surface area contributed by atoms with Crippen LogP contribution >= 0.6 is 11.6 Å². The monoisotopic (exact) mass is 488 g/mol. The van der Waals surface area contributed by atoms with Gasteiger partial charge in [-0.2, -0.15) is 0 Å². The largest absolute Gasteiger partial charge is 0.457 e. The highest BCUT2D eigenvalue weighted by Gasteiger charge is 2.23. The molecule has 0 radical (unpaired) electrons. The van der Waals surface area contributed by atoms with Gasteiger partial charge in [-0.15, -0.1) is 0 Å². The third-order valence-corrected chi connectivity index (χ3v) is 6.23. The molecule has 3 aromatic rings. The summed E-state index contributed by atoms with van der Waals surface area (Å²) in [6.45, 7) is 1.39. The summed E-state index contributed by atoms with van der Waals surface area (Å²) in [6.07, 6.45) is -1.17. The van der Waals surface area contributed by atoms with Gasteiger partial charge in [0.15, 0.2) is 6.10 Å². The summed E-state index contributed by atoms with van der Waals surface area (Å²) in [6, 6.07) is 19.5. The van der Waals surface area contributed by atoms with Gasteiger partial charge in [-0.1, -0.05) is 29.8 Å². The maximum atomic E-state index is 12.5. The Kier molecular flexibility index (Phi) is 7.70. The molecule has 1 amide bonds. The number of nitrogens with one attached hydrogen (secondary N) is 2. The molecule has 0 aliphatic rings. The Balaban J connectivity index is 1.62. The third kappa shape index (κ3) is 6.32. The highest BCUT2D eigenvalue weighted by molar-refractivity contribution is 7.89. The zero-order valence-corrected chi connectivity index (χ0v) is 19.3. The number of benzene rings is 3. The second kappa shape index (κ2) is 10.5. The molecule has 0 aliphatic carbocycles. The molecule has 8 nitrogen and oxygen atoms in total. The van der Waals surface area contributed by atoms with Crippen molar-refractivity contribution < 1.29 is 27.5 Å². The minimum atomic E-state index is -3.79. The van der Waals surface area contributed by atoms with Gasteiger partial charge in [0.1, 0.15) is 11.5 Å². The summed E-state index contributed by atoms with van der Waals surface area (Å²) in [4.78, 5) is 24.8. The van der Waals surface area contributed by atoms with Crippen molar-refractivity contribution in [3.8, 4) is 11.5 Å². The summed E-state index contributed by atoms with van der Waals surface area (Å²) >= 11 is 6.02. The second-order valence-electron chi connectivity index (χ2n) is 6.83. The molecular weight excluding hydrogens is 468 g/mol. The fourth-order valence-corrected chi connectivity index (χ4v) is 3.65. The molecule has 10 heteroatoms. The number of anilines is 1. The van der Waals surface area contributed by atoms with Gasteiger partial charge in [0, 0.05) is 5.69 Å². The van der Waals surface area contributed by atoms with Crippen LogP contribution < -0.4 is 14.8 Å². The van der Waals surface area contributed by atoms with Crippen LogP contribution in [0.25, 0.3) is 0 Å². The lowest BCUT2D eigenvalue weighted by molar-refractivity contribution is -0.123. The summed E-state index contributed by atoms with van der Waals surface area (Å²) in [5.41, 5.74) is 0.304. The number of amides is 1. The van der Waals surface area contributed by atoms with Crippen LogP contribution in [0.5, 0.6) is 11.5 Å². The van der Waals surface area contributed by atoms with E-state index in [-0.39, 0.29) is 15.5 Å². The first-order valence-corrected chi connectivity index (χ1v) is 11.6. The van der Waals surface area contributed by atoms with E-state index in [1.807, 2.05) is 30.3 Å². The first kappa shape index (κ1) is 24.2. The highest BCUT2D eigenvalue weighted by atomic mass is 35.5. The molecule has 0 aromatic heterocycles. The number of carbonyl (C=O) groups excluding carboxylic acids is 2. The molecule has 1 unspecified atom stereocenters. The Hall–Kier alpha value is -3.40. The van der Waals surface area contributed by atoms with Gasteiger partial charge in [0.2, 0.25) is 10.0 Å². The number of sulfonamides is 1. The van der Waals surface area contributed by atoms with Gasteiger partial charge < -0.3 is 14.8 Å². The Morgan fingerprint density at radius 2 is 1.58 bits per heavy atom. The van der Waals surface area contributed by atoms with Crippen LogP contribution in [0, 0.1) is 0 Å². The van der Waals surface area contributed by atoms with E-state index < -0.39 is 28.0 Å². The Labute approximate surface area is 196 Å². The van der Waals surface area contributed by atoms with Crippen LogP contribution in [0.15, 0.2) is 77.7 Å². The minimum Gasteiger partial charge on any atom is -0.457 e. The summed E-state index contributed by atoms with van der Waals surface area (Å²) in [7, 11) is -2.54. The fourth-order valence-electron chi connectivity index (χ4n) is 2.70. The summed E-state index contributed by atoms with van der Waals surface area (Å²) in [5.74, 6) is -0.234. The molecule has 0 bridgehead atoms. The van der Waals surface area contributed by atoms with E-state index in [4.69, 9.17) is 21.1 Å². The number of hydrogen-bond acceptors (Lipinski definition) is 6. The zero-order valence-electron chi connectivity index (χ0n) is 17.7. The molecule has 3 aromatic carbocycles. The molecule has 33 heavy (non-hydrogen) atoms. The maximum absolute atomic E-state index is 12.5. The van der Waals surface area contributed by atoms with E-state index in [0.717, 1.165) is 6.07 Å². The van der Waals surface area contributed by atoms with Crippen molar-refractivity contribution in [3.05, 3.63) is 83.4 Å². The smallest absolute Gasteiger partial charge is 0.340 e. The van der Waals surface area contributed by atoms with Crippen molar-refractivity contribution in [2.75, 3.05) is 12.4 Å². The number of hydrogen-bond donors (Lipinski definition) is 2. The van der Waals surface area contributed by atoms with Crippen molar-refractivity contribution >= 4 is 39.2 Å². The maximum Gasteiger partial charge on any atom is 0.340 e. The van der Waals surface area contributed by atoms with Crippen molar-refractivity contribution in [3.63, 3.8) is 0 Å². The molecule has 0 spiro atoms. The van der Waals surface area contributed by atoms with E-state index in [1.165, 1.54) is 26.1 Å². The van der Waals surface area contributed by atoms with Gasteiger partial charge >= 0.3 is 5.97 Å². The zero-order chi connectivity index (χ0) is 24.0. The minimum absolute atomic E-state index is 0.00309. The van der Waals surface area contributed by atoms with Crippen molar-refractivity contribution in [2.45, 2.75) is 17.9 Å². The van der Waals surface area contributed by atoms with E-state index in [2.05, 4.69) is 10.0 Å². The number of rotatable bonds is 8. The lowest BCUT2D eigenvalue weighted by atomic mass is 10.2. The molecule has 1 atom stereocenters. The van der Waals surface area contributed by atoms with Crippen LogP contribution in [0.1, 0.15) is 17.3 Å². The van der Waals surface area contributed by atoms with Crippen molar-refractivity contribution in [1.82, 2.24) is 4.72 Å². The Bertz CT molecular complexity index is 1250. The summed E-state index contributed by atoms with van der Waals surface area (Å²) < 4.78 is 37.0. The second-order valence-corrected chi connectivity index (χ2v) is 9.12. The van der Waals surface area contributed by atoms with Crippen LogP contribution in [0.4, 0.5) is 5.69 Å². The number of esters is 1. The quantitative estimate of drug-likeness (QED) is 0.459. The summed E-state index contributed by atoms with van der Waals surface area (Å²) in [5, 5.41) is 2.64. The van der Waals surface area contributed by atoms with Crippen LogP contribution in [0.2, 0.25) is 5.02 Å². The number of para-hydroxylation sites is 1. The normalized spacial score (nSPS) is 12.0. The van der Waals surface area contributed by atoms with Crippen molar-refractivity contribution in [2.24, 2.45) is 0 Å². The van der Waals surface area contributed by atoms with Crippen molar-refractivity contribution in [1.29, 1.82) is 0 Å². The lowest BCUT2D eigenvalue weighted by Gasteiger charge is -2.15. The standard InChI is InChI=1S/C23H21ClN2O6S/c1-15(31-23(28)20-14-19(12-13-21(20)24)33(29,30)25-2)22(27)26-16-8-10-18(11-9-16)32-17-6-4-3-5-7-17/h3-15,25H,1-2H3,(H,26,27).